The zero-order valence-corrected chi connectivity index (χ0v) is 13.5. The largest absolute Gasteiger partial charge is 0.353 e. The molecule has 3 N–H and O–H groups in total. The number of hydrogen-bond donors (Lipinski definition) is 3. The molecule has 126 valence electrons. The second-order valence-electron chi connectivity index (χ2n) is 5.23. The molecule has 23 heavy (non-hydrogen) atoms. The third-order valence-electron chi connectivity index (χ3n) is 3.32. The van der Waals surface area contributed by atoms with Gasteiger partial charge in [0.1, 0.15) is 5.82 Å². The SMILES string of the molecule is CN=C(NCC(=O)Nc1cccc(F)c1)NC1CCS(=O)(=O)C1. The van der Waals surface area contributed by atoms with Gasteiger partial charge in [0.25, 0.3) is 0 Å². The Labute approximate surface area is 134 Å². The predicted molar refractivity (Wildman–Crippen MR) is 86.6 cm³/mol. The van der Waals surface area contributed by atoms with Crippen LogP contribution in [0, 0.1) is 5.82 Å². The summed E-state index contributed by atoms with van der Waals surface area (Å²) in [4.78, 5) is 15.8. The first-order valence-corrected chi connectivity index (χ1v) is 8.93. The molecule has 0 spiro atoms. The number of guanidine groups is 1. The molecule has 1 saturated heterocycles. The lowest BCUT2D eigenvalue weighted by Crippen LogP contribution is -2.46. The number of halogens is 1. The number of amides is 1. The number of aliphatic imine (C=N–C) groups is 1. The van der Waals surface area contributed by atoms with Gasteiger partial charge in [0.15, 0.2) is 15.8 Å². The first-order valence-electron chi connectivity index (χ1n) is 7.11. The molecule has 0 aromatic heterocycles. The third-order valence-corrected chi connectivity index (χ3v) is 5.09. The van der Waals surface area contributed by atoms with E-state index in [2.05, 4.69) is 20.9 Å². The van der Waals surface area contributed by atoms with Crippen molar-refractivity contribution in [3.8, 4) is 0 Å². The summed E-state index contributed by atoms with van der Waals surface area (Å²) in [5.41, 5.74) is 0.363. The van der Waals surface area contributed by atoms with Gasteiger partial charge in [0.2, 0.25) is 5.91 Å². The molecule has 1 aromatic rings. The highest BCUT2D eigenvalue weighted by Gasteiger charge is 2.28. The summed E-state index contributed by atoms with van der Waals surface area (Å²) in [6.45, 7) is -0.0738. The maximum atomic E-state index is 13.0. The fourth-order valence-electron chi connectivity index (χ4n) is 2.23. The number of carbonyl (C=O) groups excluding carboxylic acids is 1. The van der Waals surface area contributed by atoms with E-state index in [0.29, 0.717) is 18.1 Å². The summed E-state index contributed by atoms with van der Waals surface area (Å²) in [5.74, 6) is -0.236. The van der Waals surface area contributed by atoms with Crippen LogP contribution in [0.25, 0.3) is 0 Å². The van der Waals surface area contributed by atoms with Gasteiger partial charge >= 0.3 is 0 Å². The first kappa shape index (κ1) is 17.2. The van der Waals surface area contributed by atoms with Crippen LogP contribution in [0.3, 0.4) is 0 Å². The number of nitrogens with one attached hydrogen (secondary N) is 3. The van der Waals surface area contributed by atoms with Crippen LogP contribution in [-0.4, -0.2) is 51.4 Å². The summed E-state index contributed by atoms with van der Waals surface area (Å²) in [7, 11) is -1.45. The Hall–Kier alpha value is -2.16. The number of nitrogens with zero attached hydrogens (tertiary/aromatic N) is 1. The molecule has 0 bridgehead atoms. The standard InChI is InChI=1S/C14H19FN4O3S/c1-16-14(19-12-5-6-23(21,22)9-12)17-8-13(20)18-11-4-2-3-10(15)7-11/h2-4,7,12H,5-6,8-9H2,1H3,(H,18,20)(H2,16,17,19). The number of hydrogen-bond acceptors (Lipinski definition) is 4. The zero-order valence-electron chi connectivity index (χ0n) is 12.7. The van der Waals surface area contributed by atoms with Crippen LogP contribution >= 0.6 is 0 Å². The minimum absolute atomic E-state index is 0.0587. The Morgan fingerprint density at radius 1 is 1.43 bits per heavy atom. The lowest BCUT2D eigenvalue weighted by molar-refractivity contribution is -0.115. The van der Waals surface area contributed by atoms with Crippen LogP contribution in [0.2, 0.25) is 0 Å². The van der Waals surface area contributed by atoms with Crippen LogP contribution in [0.5, 0.6) is 0 Å². The van der Waals surface area contributed by atoms with E-state index in [4.69, 9.17) is 0 Å². The minimum Gasteiger partial charge on any atom is -0.353 e. The highest BCUT2D eigenvalue weighted by Crippen LogP contribution is 2.11. The second kappa shape index (κ2) is 7.40. The fraction of sp³-hybridized carbons (Fsp3) is 0.429. The van der Waals surface area contributed by atoms with Crippen molar-refractivity contribution in [2.75, 3.05) is 30.4 Å². The Morgan fingerprint density at radius 3 is 2.83 bits per heavy atom. The summed E-state index contributed by atoms with van der Waals surface area (Å²) in [5, 5.41) is 8.31. The van der Waals surface area contributed by atoms with Gasteiger partial charge in [0.05, 0.1) is 18.1 Å². The van der Waals surface area contributed by atoms with Crippen molar-refractivity contribution in [1.29, 1.82) is 0 Å². The van der Waals surface area contributed by atoms with Crippen LogP contribution in [0.15, 0.2) is 29.3 Å². The smallest absolute Gasteiger partial charge is 0.243 e. The highest BCUT2D eigenvalue weighted by atomic mass is 32.2. The molecule has 0 radical (unpaired) electrons. The van der Waals surface area contributed by atoms with Gasteiger partial charge in [-0.3, -0.25) is 9.79 Å². The van der Waals surface area contributed by atoms with Crippen molar-refractivity contribution < 1.29 is 17.6 Å². The van der Waals surface area contributed by atoms with Crippen molar-refractivity contribution >= 4 is 27.4 Å². The molecular formula is C14H19FN4O3S. The Bertz CT molecular complexity index is 706. The molecule has 1 fully saturated rings. The number of carbonyl (C=O) groups is 1. The Balaban J connectivity index is 1.80. The third kappa shape index (κ3) is 5.51. The lowest BCUT2D eigenvalue weighted by atomic mass is 10.3. The second-order valence-corrected chi connectivity index (χ2v) is 7.46. The van der Waals surface area contributed by atoms with E-state index < -0.39 is 15.7 Å². The van der Waals surface area contributed by atoms with E-state index in [1.807, 2.05) is 0 Å². The number of rotatable bonds is 4. The number of anilines is 1. The van der Waals surface area contributed by atoms with Crippen LogP contribution < -0.4 is 16.0 Å². The monoisotopic (exact) mass is 342 g/mol. The van der Waals surface area contributed by atoms with E-state index in [9.17, 15) is 17.6 Å². The van der Waals surface area contributed by atoms with Crippen molar-refractivity contribution in [2.45, 2.75) is 12.5 Å². The molecule has 1 atom stereocenters. The normalized spacial score (nSPS) is 20.1. The van der Waals surface area contributed by atoms with Gasteiger partial charge in [-0.25, -0.2) is 12.8 Å². The maximum absolute atomic E-state index is 13.0. The molecule has 7 nitrogen and oxygen atoms in total. The molecule has 1 aliphatic rings. The van der Waals surface area contributed by atoms with E-state index in [1.165, 1.54) is 25.2 Å². The topological polar surface area (TPSA) is 99.7 Å². The average molecular weight is 342 g/mol. The Kier molecular flexibility index (Phi) is 5.54. The predicted octanol–water partition coefficient (Wildman–Crippen LogP) is 0.116. The molecule has 9 heteroatoms. The molecule has 1 amide bonds. The van der Waals surface area contributed by atoms with Crippen LogP contribution in [0.4, 0.5) is 10.1 Å². The molecule has 0 saturated carbocycles. The van der Waals surface area contributed by atoms with Gasteiger partial charge in [0, 0.05) is 18.8 Å². The molecule has 1 unspecified atom stereocenters. The van der Waals surface area contributed by atoms with Crippen molar-refractivity contribution in [3.63, 3.8) is 0 Å². The molecule has 2 rings (SSSR count). The van der Waals surface area contributed by atoms with Crippen LogP contribution in [0.1, 0.15) is 6.42 Å². The van der Waals surface area contributed by atoms with Crippen LogP contribution in [-0.2, 0) is 14.6 Å². The summed E-state index contributed by atoms with van der Waals surface area (Å²) in [6, 6.07) is 5.37. The summed E-state index contributed by atoms with van der Waals surface area (Å²) in [6.07, 6.45) is 0.512. The van der Waals surface area contributed by atoms with Gasteiger partial charge in [-0.2, -0.15) is 0 Å². The van der Waals surface area contributed by atoms with E-state index >= 15 is 0 Å². The minimum atomic E-state index is -2.99. The summed E-state index contributed by atoms with van der Waals surface area (Å²) >= 11 is 0. The molecule has 1 aromatic carbocycles. The van der Waals surface area contributed by atoms with Gasteiger partial charge < -0.3 is 16.0 Å². The van der Waals surface area contributed by atoms with Crippen molar-refractivity contribution in [1.82, 2.24) is 10.6 Å². The van der Waals surface area contributed by atoms with Crippen molar-refractivity contribution in [2.24, 2.45) is 4.99 Å². The fourth-order valence-corrected chi connectivity index (χ4v) is 3.91. The lowest BCUT2D eigenvalue weighted by Gasteiger charge is -2.15. The van der Waals surface area contributed by atoms with Gasteiger partial charge in [-0.05, 0) is 24.6 Å². The maximum Gasteiger partial charge on any atom is 0.243 e. The molecular weight excluding hydrogens is 323 g/mol. The molecule has 0 aliphatic carbocycles. The highest BCUT2D eigenvalue weighted by molar-refractivity contribution is 7.91. The quantitative estimate of drug-likeness (QED) is 0.533. The summed E-state index contributed by atoms with van der Waals surface area (Å²) < 4.78 is 35.9. The zero-order chi connectivity index (χ0) is 16.9. The van der Waals surface area contributed by atoms with Gasteiger partial charge in [-0.15, -0.1) is 0 Å². The van der Waals surface area contributed by atoms with E-state index in [0.717, 1.165) is 0 Å². The number of sulfone groups is 1. The number of benzene rings is 1. The Morgan fingerprint density at radius 2 is 2.22 bits per heavy atom. The van der Waals surface area contributed by atoms with E-state index in [-0.39, 0.29) is 30.0 Å². The van der Waals surface area contributed by atoms with Crippen molar-refractivity contribution in [3.05, 3.63) is 30.1 Å². The molecule has 1 heterocycles. The van der Waals surface area contributed by atoms with E-state index in [1.54, 1.807) is 6.07 Å². The first-order chi connectivity index (χ1) is 10.9. The molecule has 1 aliphatic heterocycles. The van der Waals surface area contributed by atoms with Gasteiger partial charge in [-0.1, -0.05) is 6.07 Å². The average Bonchev–Trinajstić information content (AvgIpc) is 2.82.